The van der Waals surface area contributed by atoms with Gasteiger partial charge in [-0.2, -0.15) is 0 Å². The van der Waals surface area contributed by atoms with Gasteiger partial charge in [-0.05, 0) is 18.1 Å². The fourth-order valence-electron chi connectivity index (χ4n) is 3.40. The third-order valence-corrected chi connectivity index (χ3v) is 4.83. The van der Waals surface area contributed by atoms with Crippen LogP contribution in [0.3, 0.4) is 0 Å². The monoisotopic (exact) mass is 369 g/mol. The van der Waals surface area contributed by atoms with Gasteiger partial charge in [0.15, 0.2) is 0 Å². The van der Waals surface area contributed by atoms with Crippen LogP contribution in [0.1, 0.15) is 28.2 Å². The number of β-amino-alcohol motifs (C(OH)–C–C–N with tert-alkyl or cyclic N) is 1. The number of benzene rings is 1. The van der Waals surface area contributed by atoms with Gasteiger partial charge < -0.3 is 14.8 Å². The third kappa shape index (κ3) is 5.13. The molecule has 0 amide bonds. The Morgan fingerprint density at radius 2 is 2.26 bits per heavy atom. The molecule has 1 aliphatic heterocycles. The minimum Gasteiger partial charge on any atom is -0.389 e. The standard InChI is InChI=1S/C21H27N3O3/c1-3-10-27-14-17(25)12-24-9-8-19-18(13-24)21(26)23-20(22-19)11-16-7-5-4-6-15(16)2/h3-7,17,25H,1,8-14H2,2H3,(H,22,23,26). The fourth-order valence-corrected chi connectivity index (χ4v) is 3.40. The minimum atomic E-state index is -0.584. The second-order valence-corrected chi connectivity index (χ2v) is 7.01. The maximum absolute atomic E-state index is 12.6. The topological polar surface area (TPSA) is 78.5 Å². The Morgan fingerprint density at radius 3 is 3.04 bits per heavy atom. The number of hydrogen-bond acceptors (Lipinski definition) is 5. The molecule has 0 fully saturated rings. The number of aliphatic hydroxyl groups excluding tert-OH is 1. The van der Waals surface area contributed by atoms with E-state index in [1.807, 2.05) is 12.1 Å². The second kappa shape index (κ2) is 9.08. The lowest BCUT2D eigenvalue weighted by Crippen LogP contribution is -2.41. The highest BCUT2D eigenvalue weighted by Crippen LogP contribution is 2.16. The minimum absolute atomic E-state index is 0.0781. The molecular weight excluding hydrogens is 342 g/mol. The number of hydrogen-bond donors (Lipinski definition) is 2. The van der Waals surface area contributed by atoms with Gasteiger partial charge in [-0.1, -0.05) is 30.3 Å². The van der Waals surface area contributed by atoms with Crippen molar-refractivity contribution in [1.82, 2.24) is 14.9 Å². The lowest BCUT2D eigenvalue weighted by Gasteiger charge is -2.29. The quantitative estimate of drug-likeness (QED) is 0.546. The summed E-state index contributed by atoms with van der Waals surface area (Å²) in [7, 11) is 0. The fraction of sp³-hybridized carbons (Fsp3) is 0.429. The highest BCUT2D eigenvalue weighted by molar-refractivity contribution is 5.29. The predicted octanol–water partition coefficient (Wildman–Crippen LogP) is 1.59. The van der Waals surface area contributed by atoms with Crippen LogP contribution in [0.5, 0.6) is 0 Å². The summed E-state index contributed by atoms with van der Waals surface area (Å²) in [5, 5.41) is 10.1. The van der Waals surface area contributed by atoms with Crippen molar-refractivity contribution in [2.45, 2.75) is 32.4 Å². The van der Waals surface area contributed by atoms with Gasteiger partial charge in [-0.3, -0.25) is 9.69 Å². The zero-order chi connectivity index (χ0) is 19.2. The Hall–Kier alpha value is -2.28. The van der Waals surface area contributed by atoms with Gasteiger partial charge in [-0.25, -0.2) is 4.98 Å². The van der Waals surface area contributed by atoms with E-state index in [-0.39, 0.29) is 12.2 Å². The lowest BCUT2D eigenvalue weighted by atomic mass is 10.0. The Morgan fingerprint density at radius 1 is 1.44 bits per heavy atom. The number of aliphatic hydroxyl groups is 1. The summed E-state index contributed by atoms with van der Waals surface area (Å²) in [6, 6.07) is 8.13. The van der Waals surface area contributed by atoms with E-state index in [2.05, 4.69) is 35.5 Å². The van der Waals surface area contributed by atoms with Crippen molar-refractivity contribution in [1.29, 1.82) is 0 Å². The normalized spacial score (nSPS) is 15.3. The van der Waals surface area contributed by atoms with Gasteiger partial charge in [-0.15, -0.1) is 6.58 Å². The summed E-state index contributed by atoms with van der Waals surface area (Å²) in [6.07, 6.45) is 2.40. The van der Waals surface area contributed by atoms with E-state index in [9.17, 15) is 9.90 Å². The summed E-state index contributed by atoms with van der Waals surface area (Å²) in [5.74, 6) is 0.708. The van der Waals surface area contributed by atoms with Crippen molar-refractivity contribution >= 4 is 0 Å². The second-order valence-electron chi connectivity index (χ2n) is 7.01. The van der Waals surface area contributed by atoms with Crippen molar-refractivity contribution < 1.29 is 9.84 Å². The Balaban J connectivity index is 1.67. The molecule has 0 aliphatic carbocycles. The maximum Gasteiger partial charge on any atom is 0.255 e. The van der Waals surface area contributed by atoms with Gasteiger partial charge in [0.25, 0.3) is 5.56 Å². The van der Waals surface area contributed by atoms with Gasteiger partial charge in [0.2, 0.25) is 0 Å². The molecule has 2 aromatic rings. The van der Waals surface area contributed by atoms with Crippen LogP contribution in [-0.4, -0.2) is 52.4 Å². The largest absolute Gasteiger partial charge is 0.389 e. The zero-order valence-corrected chi connectivity index (χ0v) is 15.8. The number of aromatic amines is 1. The smallest absolute Gasteiger partial charge is 0.255 e. The van der Waals surface area contributed by atoms with E-state index in [0.29, 0.717) is 43.9 Å². The van der Waals surface area contributed by atoms with Crippen LogP contribution in [0.15, 0.2) is 41.7 Å². The third-order valence-electron chi connectivity index (χ3n) is 4.83. The van der Waals surface area contributed by atoms with Gasteiger partial charge in [0, 0.05) is 32.5 Å². The SMILES string of the molecule is C=CCOCC(O)CN1CCc2nc(Cc3ccccc3C)[nH]c(=O)c2C1. The van der Waals surface area contributed by atoms with E-state index in [0.717, 1.165) is 12.2 Å². The Kier molecular flexibility index (Phi) is 6.55. The van der Waals surface area contributed by atoms with Gasteiger partial charge >= 0.3 is 0 Å². The Bertz CT molecular complexity index is 847. The number of aryl methyl sites for hydroxylation is 1. The van der Waals surface area contributed by atoms with Crippen LogP contribution in [0.4, 0.5) is 0 Å². The van der Waals surface area contributed by atoms with Crippen LogP contribution in [-0.2, 0) is 24.1 Å². The van der Waals surface area contributed by atoms with E-state index >= 15 is 0 Å². The first-order valence-corrected chi connectivity index (χ1v) is 9.31. The summed E-state index contributed by atoms with van der Waals surface area (Å²) < 4.78 is 5.29. The molecule has 0 bridgehead atoms. The highest BCUT2D eigenvalue weighted by atomic mass is 16.5. The molecular formula is C21H27N3O3. The first-order valence-electron chi connectivity index (χ1n) is 9.31. The first kappa shape index (κ1) is 19.5. The van der Waals surface area contributed by atoms with Crippen LogP contribution >= 0.6 is 0 Å². The molecule has 0 spiro atoms. The number of H-pyrrole nitrogens is 1. The zero-order valence-electron chi connectivity index (χ0n) is 15.8. The molecule has 1 atom stereocenters. The van der Waals surface area contributed by atoms with Crippen molar-refractivity contribution in [3.05, 3.63) is 75.5 Å². The van der Waals surface area contributed by atoms with E-state index in [1.54, 1.807) is 6.08 Å². The molecule has 27 heavy (non-hydrogen) atoms. The molecule has 1 unspecified atom stereocenters. The average molecular weight is 369 g/mol. The lowest BCUT2D eigenvalue weighted by molar-refractivity contribution is 0.0233. The molecule has 3 rings (SSSR count). The molecule has 2 heterocycles. The van der Waals surface area contributed by atoms with Crippen molar-refractivity contribution in [3.8, 4) is 0 Å². The molecule has 6 heteroatoms. The van der Waals surface area contributed by atoms with Gasteiger partial charge in [0.05, 0.1) is 30.6 Å². The molecule has 0 saturated carbocycles. The maximum atomic E-state index is 12.6. The molecule has 0 radical (unpaired) electrons. The molecule has 6 nitrogen and oxygen atoms in total. The number of nitrogens with one attached hydrogen (secondary N) is 1. The van der Waals surface area contributed by atoms with E-state index in [1.165, 1.54) is 11.1 Å². The summed E-state index contributed by atoms with van der Waals surface area (Å²) >= 11 is 0. The van der Waals surface area contributed by atoms with Crippen molar-refractivity contribution in [2.75, 3.05) is 26.3 Å². The number of nitrogens with zero attached hydrogens (tertiary/aromatic N) is 2. The molecule has 1 aromatic carbocycles. The predicted molar refractivity (Wildman–Crippen MR) is 105 cm³/mol. The van der Waals surface area contributed by atoms with E-state index < -0.39 is 6.10 Å². The number of rotatable bonds is 8. The first-order chi connectivity index (χ1) is 13.1. The van der Waals surface area contributed by atoms with Crippen LogP contribution in [0, 0.1) is 6.92 Å². The summed E-state index contributed by atoms with van der Waals surface area (Å²) in [5.41, 5.74) is 3.85. The molecule has 144 valence electrons. The highest BCUT2D eigenvalue weighted by Gasteiger charge is 2.23. The Labute approximate surface area is 159 Å². The van der Waals surface area contributed by atoms with Crippen LogP contribution in [0.25, 0.3) is 0 Å². The van der Waals surface area contributed by atoms with Crippen LogP contribution in [0.2, 0.25) is 0 Å². The number of fused-ring (bicyclic) bond motifs is 1. The molecule has 2 N–H and O–H groups in total. The average Bonchev–Trinajstić information content (AvgIpc) is 2.64. The number of ether oxygens (including phenoxy) is 1. The van der Waals surface area contributed by atoms with E-state index in [4.69, 9.17) is 9.72 Å². The number of aromatic nitrogens is 2. The summed E-state index contributed by atoms with van der Waals surface area (Å²) in [4.78, 5) is 22.3. The van der Waals surface area contributed by atoms with Crippen molar-refractivity contribution in [2.24, 2.45) is 0 Å². The molecule has 1 aliphatic rings. The summed E-state index contributed by atoms with van der Waals surface area (Å²) in [6.45, 7) is 8.08. The van der Waals surface area contributed by atoms with Crippen molar-refractivity contribution in [3.63, 3.8) is 0 Å². The van der Waals surface area contributed by atoms with Crippen LogP contribution < -0.4 is 5.56 Å². The molecule has 1 aromatic heterocycles. The molecule has 0 saturated heterocycles. The van der Waals surface area contributed by atoms with Gasteiger partial charge in [0.1, 0.15) is 5.82 Å².